The molecule has 2 unspecified atom stereocenters. The highest BCUT2D eigenvalue weighted by atomic mass is 32.2. The van der Waals surface area contributed by atoms with Crippen LogP contribution in [0.25, 0.3) is 0 Å². The Morgan fingerprint density at radius 1 is 1.00 bits per heavy atom. The van der Waals surface area contributed by atoms with Gasteiger partial charge in [0, 0.05) is 12.7 Å². The zero-order valence-corrected chi connectivity index (χ0v) is 13.3. The van der Waals surface area contributed by atoms with Crippen LogP contribution in [-0.4, -0.2) is 27.2 Å². The van der Waals surface area contributed by atoms with Crippen molar-refractivity contribution in [3.05, 3.63) is 71.3 Å². The first-order valence-corrected chi connectivity index (χ1v) is 8.17. The average molecular weight is 316 g/mol. The standard InChI is InChI=1S/C18H20O3S/c1-13(19)22-12-17(20)18(21)16-9-7-15(8-10-16)11-14-5-3-2-4-6-14/h2-10,17-18,20-21H,11-12H2,1H3. The van der Waals surface area contributed by atoms with Gasteiger partial charge in [-0.25, -0.2) is 0 Å². The van der Waals surface area contributed by atoms with Gasteiger partial charge in [-0.2, -0.15) is 0 Å². The second kappa shape index (κ2) is 8.13. The molecular formula is C18H20O3S. The number of carbonyl (C=O) groups excluding carboxylic acids is 1. The Bertz CT molecular complexity index is 595. The van der Waals surface area contributed by atoms with Gasteiger partial charge in [0.1, 0.15) is 6.10 Å². The van der Waals surface area contributed by atoms with Gasteiger partial charge in [0.15, 0.2) is 5.12 Å². The van der Waals surface area contributed by atoms with E-state index in [0.29, 0.717) is 5.56 Å². The molecule has 0 aliphatic rings. The van der Waals surface area contributed by atoms with Crippen LogP contribution in [0.1, 0.15) is 29.7 Å². The maximum Gasteiger partial charge on any atom is 0.185 e. The summed E-state index contributed by atoms with van der Waals surface area (Å²) in [6.07, 6.45) is -1.09. The highest BCUT2D eigenvalue weighted by Crippen LogP contribution is 2.21. The van der Waals surface area contributed by atoms with E-state index in [4.69, 9.17) is 0 Å². The highest BCUT2D eigenvalue weighted by molar-refractivity contribution is 8.13. The molecular weight excluding hydrogens is 296 g/mol. The number of aliphatic hydroxyl groups excluding tert-OH is 2. The molecule has 0 heterocycles. The number of carbonyl (C=O) groups is 1. The lowest BCUT2D eigenvalue weighted by Gasteiger charge is -2.17. The van der Waals surface area contributed by atoms with Crippen molar-refractivity contribution in [1.29, 1.82) is 0 Å². The van der Waals surface area contributed by atoms with Crippen molar-refractivity contribution in [2.75, 3.05) is 5.75 Å². The van der Waals surface area contributed by atoms with Crippen molar-refractivity contribution in [2.24, 2.45) is 0 Å². The second-order valence-electron chi connectivity index (χ2n) is 5.22. The monoisotopic (exact) mass is 316 g/mol. The smallest absolute Gasteiger partial charge is 0.185 e. The topological polar surface area (TPSA) is 57.5 Å². The van der Waals surface area contributed by atoms with Crippen molar-refractivity contribution in [3.63, 3.8) is 0 Å². The number of aliphatic hydroxyl groups is 2. The van der Waals surface area contributed by atoms with E-state index < -0.39 is 12.2 Å². The molecule has 0 aliphatic carbocycles. The van der Waals surface area contributed by atoms with Gasteiger partial charge < -0.3 is 10.2 Å². The number of thioether (sulfide) groups is 1. The molecule has 4 heteroatoms. The Morgan fingerprint density at radius 3 is 2.18 bits per heavy atom. The third-order valence-corrected chi connectivity index (χ3v) is 4.31. The lowest BCUT2D eigenvalue weighted by Crippen LogP contribution is -2.21. The Kier molecular flexibility index (Phi) is 6.19. The zero-order chi connectivity index (χ0) is 15.9. The van der Waals surface area contributed by atoms with Gasteiger partial charge in [-0.15, -0.1) is 0 Å². The van der Waals surface area contributed by atoms with Crippen LogP contribution in [0.15, 0.2) is 54.6 Å². The quantitative estimate of drug-likeness (QED) is 0.860. The maximum absolute atomic E-state index is 10.9. The minimum absolute atomic E-state index is 0.0653. The van der Waals surface area contributed by atoms with Gasteiger partial charge in [-0.05, 0) is 23.1 Å². The minimum Gasteiger partial charge on any atom is -0.389 e. The average Bonchev–Trinajstić information content (AvgIpc) is 2.53. The van der Waals surface area contributed by atoms with E-state index in [-0.39, 0.29) is 10.9 Å². The predicted octanol–water partition coefficient (Wildman–Crippen LogP) is 2.95. The van der Waals surface area contributed by atoms with E-state index in [2.05, 4.69) is 12.1 Å². The summed E-state index contributed by atoms with van der Waals surface area (Å²) < 4.78 is 0. The molecule has 3 nitrogen and oxygen atoms in total. The van der Waals surface area contributed by atoms with Crippen LogP contribution >= 0.6 is 11.8 Å². The van der Waals surface area contributed by atoms with Gasteiger partial charge in [-0.3, -0.25) is 4.79 Å². The molecule has 2 rings (SSSR count). The third-order valence-electron chi connectivity index (χ3n) is 3.39. The summed E-state index contributed by atoms with van der Waals surface area (Å²) in [6.45, 7) is 1.45. The summed E-state index contributed by atoms with van der Waals surface area (Å²) in [7, 11) is 0. The number of hydrogen-bond donors (Lipinski definition) is 2. The second-order valence-corrected chi connectivity index (χ2v) is 6.42. The summed E-state index contributed by atoms with van der Waals surface area (Å²) >= 11 is 1.02. The minimum atomic E-state index is -0.974. The molecule has 0 amide bonds. The summed E-state index contributed by atoms with van der Waals surface area (Å²) in [5.74, 6) is 0.197. The summed E-state index contributed by atoms with van der Waals surface area (Å²) in [5, 5.41) is 19.9. The molecule has 116 valence electrons. The molecule has 2 N–H and O–H groups in total. The molecule has 0 saturated carbocycles. The molecule has 0 fully saturated rings. The number of hydrogen-bond acceptors (Lipinski definition) is 4. The molecule has 0 aromatic heterocycles. The molecule has 2 atom stereocenters. The fourth-order valence-corrected chi connectivity index (χ4v) is 2.77. The van der Waals surface area contributed by atoms with Crippen LogP contribution in [0.4, 0.5) is 0 Å². The van der Waals surface area contributed by atoms with E-state index in [1.54, 1.807) is 0 Å². The van der Waals surface area contributed by atoms with Gasteiger partial charge in [0.2, 0.25) is 0 Å². The van der Waals surface area contributed by atoms with E-state index in [1.165, 1.54) is 12.5 Å². The van der Waals surface area contributed by atoms with Gasteiger partial charge >= 0.3 is 0 Å². The van der Waals surface area contributed by atoms with Crippen molar-refractivity contribution in [3.8, 4) is 0 Å². The van der Waals surface area contributed by atoms with Crippen LogP contribution in [0, 0.1) is 0 Å². The van der Waals surface area contributed by atoms with Crippen molar-refractivity contribution in [2.45, 2.75) is 25.6 Å². The fourth-order valence-electron chi connectivity index (χ4n) is 2.18. The van der Waals surface area contributed by atoms with Gasteiger partial charge in [0.25, 0.3) is 0 Å². The first-order valence-electron chi connectivity index (χ1n) is 7.18. The molecule has 0 saturated heterocycles. The Hall–Kier alpha value is -1.62. The van der Waals surface area contributed by atoms with Crippen LogP contribution in [0.2, 0.25) is 0 Å². The number of rotatable bonds is 6. The van der Waals surface area contributed by atoms with E-state index in [9.17, 15) is 15.0 Å². The largest absolute Gasteiger partial charge is 0.389 e. The molecule has 0 bridgehead atoms. The maximum atomic E-state index is 10.9. The highest BCUT2D eigenvalue weighted by Gasteiger charge is 2.19. The Balaban J connectivity index is 1.97. The third kappa shape index (κ3) is 4.98. The molecule has 0 aliphatic heterocycles. The van der Waals surface area contributed by atoms with Crippen molar-refractivity contribution < 1.29 is 15.0 Å². The number of benzene rings is 2. The van der Waals surface area contributed by atoms with Gasteiger partial charge in [-0.1, -0.05) is 66.4 Å². The van der Waals surface area contributed by atoms with Crippen molar-refractivity contribution in [1.82, 2.24) is 0 Å². The van der Waals surface area contributed by atoms with E-state index >= 15 is 0 Å². The summed E-state index contributed by atoms with van der Waals surface area (Å²) in [4.78, 5) is 10.9. The first kappa shape index (κ1) is 16.7. The molecule has 2 aromatic rings. The SMILES string of the molecule is CC(=O)SCC(O)C(O)c1ccc(Cc2ccccc2)cc1. The molecule has 22 heavy (non-hydrogen) atoms. The summed E-state index contributed by atoms with van der Waals surface area (Å²) in [5.41, 5.74) is 3.04. The zero-order valence-electron chi connectivity index (χ0n) is 12.5. The van der Waals surface area contributed by atoms with Crippen molar-refractivity contribution >= 4 is 16.9 Å². The van der Waals surface area contributed by atoms with Crippen LogP contribution in [0.5, 0.6) is 0 Å². The Labute approximate surface area is 135 Å². The van der Waals surface area contributed by atoms with E-state index in [0.717, 1.165) is 23.7 Å². The lowest BCUT2D eigenvalue weighted by atomic mass is 10.00. The molecule has 0 radical (unpaired) electrons. The first-order chi connectivity index (χ1) is 10.6. The predicted molar refractivity (Wildman–Crippen MR) is 89.8 cm³/mol. The van der Waals surface area contributed by atoms with Crippen LogP contribution in [-0.2, 0) is 11.2 Å². The van der Waals surface area contributed by atoms with Gasteiger partial charge in [0.05, 0.1) is 6.10 Å². The Morgan fingerprint density at radius 2 is 1.59 bits per heavy atom. The molecule has 2 aromatic carbocycles. The summed E-state index contributed by atoms with van der Waals surface area (Å²) in [6, 6.07) is 17.7. The lowest BCUT2D eigenvalue weighted by molar-refractivity contribution is -0.109. The van der Waals surface area contributed by atoms with Crippen LogP contribution in [0.3, 0.4) is 0 Å². The molecule has 0 spiro atoms. The van der Waals surface area contributed by atoms with E-state index in [1.807, 2.05) is 42.5 Å². The normalized spacial score (nSPS) is 13.6. The van der Waals surface area contributed by atoms with Crippen LogP contribution < -0.4 is 0 Å². The fraction of sp³-hybridized carbons (Fsp3) is 0.278.